The summed E-state index contributed by atoms with van der Waals surface area (Å²) in [7, 11) is 0.0561. The fourth-order valence-electron chi connectivity index (χ4n) is 3.43. The Kier molecular flexibility index (Phi) is 7.59. The van der Waals surface area contributed by atoms with Crippen molar-refractivity contribution in [3.05, 3.63) is 63.6 Å². The fraction of sp³-hybridized carbons (Fsp3) is 0.429. The third-order valence-corrected chi connectivity index (χ3v) is 7.16. The van der Waals surface area contributed by atoms with E-state index in [1.807, 2.05) is 31.1 Å². The Morgan fingerprint density at radius 2 is 1.83 bits per heavy atom. The average Bonchev–Trinajstić information content (AvgIpc) is 2.70. The highest BCUT2D eigenvalue weighted by Crippen LogP contribution is 2.29. The van der Waals surface area contributed by atoms with Gasteiger partial charge >= 0.3 is 0 Å². The van der Waals surface area contributed by atoms with Gasteiger partial charge in [0.1, 0.15) is 0 Å². The lowest BCUT2D eigenvalue weighted by atomic mass is 10.0. The van der Waals surface area contributed by atoms with Gasteiger partial charge in [0.15, 0.2) is 0 Å². The molecule has 0 unspecified atom stereocenters. The minimum atomic E-state index is -3.72. The second kappa shape index (κ2) is 9.77. The summed E-state index contributed by atoms with van der Waals surface area (Å²) in [6.45, 7) is 1.23. The van der Waals surface area contributed by atoms with Crippen molar-refractivity contribution in [2.24, 2.45) is 0 Å². The zero-order chi connectivity index (χ0) is 21.0. The molecule has 2 atom stereocenters. The van der Waals surface area contributed by atoms with Gasteiger partial charge in [-0.3, -0.25) is 0 Å². The van der Waals surface area contributed by atoms with Crippen LogP contribution in [0.1, 0.15) is 42.5 Å². The first-order valence-electron chi connectivity index (χ1n) is 9.60. The molecule has 0 saturated carbocycles. The van der Waals surface area contributed by atoms with Gasteiger partial charge in [-0.05, 0) is 68.8 Å². The highest BCUT2D eigenvalue weighted by atomic mass is 35.5. The van der Waals surface area contributed by atoms with Gasteiger partial charge in [-0.2, -0.15) is 0 Å². The predicted molar refractivity (Wildman–Crippen MR) is 117 cm³/mol. The molecule has 0 bridgehead atoms. The molecule has 0 spiro atoms. The largest absolute Gasteiger partial charge is 0.374 e. The maximum atomic E-state index is 13.0. The summed E-state index contributed by atoms with van der Waals surface area (Å²) in [4.78, 5) is 2.14. The summed E-state index contributed by atoms with van der Waals surface area (Å²) in [5.74, 6) is 0. The summed E-state index contributed by atoms with van der Waals surface area (Å²) in [5.41, 5.74) is 1.77. The van der Waals surface area contributed by atoms with E-state index >= 15 is 0 Å². The number of sulfonamides is 1. The quantitative estimate of drug-likeness (QED) is 0.648. The van der Waals surface area contributed by atoms with Crippen molar-refractivity contribution < 1.29 is 13.2 Å². The monoisotopic (exact) mass is 456 g/mol. The predicted octanol–water partition coefficient (Wildman–Crippen LogP) is 4.82. The molecule has 0 radical (unpaired) electrons. The van der Waals surface area contributed by atoms with Gasteiger partial charge in [0.05, 0.1) is 27.1 Å². The Morgan fingerprint density at radius 3 is 2.41 bits per heavy atom. The molecule has 8 heteroatoms. The number of hydrogen-bond donors (Lipinski definition) is 1. The van der Waals surface area contributed by atoms with Crippen molar-refractivity contribution in [3.63, 3.8) is 0 Å². The van der Waals surface area contributed by atoms with Crippen LogP contribution in [0, 0.1) is 0 Å². The molecule has 29 heavy (non-hydrogen) atoms. The van der Waals surface area contributed by atoms with Crippen LogP contribution >= 0.6 is 23.2 Å². The van der Waals surface area contributed by atoms with Crippen molar-refractivity contribution in [3.8, 4) is 0 Å². The minimum Gasteiger partial charge on any atom is -0.374 e. The molecule has 1 saturated heterocycles. The molecule has 0 aromatic heterocycles. The van der Waals surface area contributed by atoms with Gasteiger partial charge in [0, 0.05) is 13.2 Å². The number of hydrogen-bond acceptors (Lipinski definition) is 4. The van der Waals surface area contributed by atoms with Crippen LogP contribution in [0.4, 0.5) is 0 Å². The van der Waals surface area contributed by atoms with Crippen LogP contribution in [-0.4, -0.2) is 40.6 Å². The number of halogens is 2. The lowest BCUT2D eigenvalue weighted by Crippen LogP contribution is -2.35. The normalized spacial score (nSPS) is 18.7. The second-order valence-corrected chi connectivity index (χ2v) is 10.1. The van der Waals surface area contributed by atoms with Crippen LogP contribution in [-0.2, 0) is 14.8 Å². The number of ether oxygens (including phenoxy) is 1. The van der Waals surface area contributed by atoms with Crippen molar-refractivity contribution >= 4 is 33.2 Å². The van der Waals surface area contributed by atoms with Gasteiger partial charge in [-0.15, -0.1) is 0 Å². The van der Waals surface area contributed by atoms with Crippen LogP contribution in [0.2, 0.25) is 10.0 Å². The molecule has 0 aliphatic carbocycles. The highest BCUT2D eigenvalue weighted by Gasteiger charge is 2.23. The Bertz CT molecular complexity index is 927. The molecule has 1 heterocycles. The summed E-state index contributed by atoms with van der Waals surface area (Å²) < 4.78 is 34.6. The third kappa shape index (κ3) is 5.94. The van der Waals surface area contributed by atoms with Gasteiger partial charge in [-0.25, -0.2) is 13.1 Å². The van der Waals surface area contributed by atoms with Crippen molar-refractivity contribution in [1.82, 2.24) is 9.62 Å². The van der Waals surface area contributed by atoms with Gasteiger partial charge < -0.3 is 9.64 Å². The third-order valence-electron chi connectivity index (χ3n) is 4.93. The Balaban J connectivity index is 1.81. The minimum absolute atomic E-state index is 0.0474. The standard InChI is InChI=1S/C21H26Cl2N2O3S/c1-25(2)14-20(16-8-11-18(22)19(23)13-16)24-29(26,27)17-9-6-15(7-10-17)21-5-3-4-12-28-21/h6-11,13,20-21,24H,3-5,12,14H2,1-2H3/t20-,21+/m1/s1. The van der Waals surface area contributed by atoms with E-state index < -0.39 is 16.1 Å². The zero-order valence-corrected chi connectivity index (χ0v) is 18.9. The zero-order valence-electron chi connectivity index (χ0n) is 16.6. The number of nitrogens with one attached hydrogen (secondary N) is 1. The summed E-state index contributed by atoms with van der Waals surface area (Å²) >= 11 is 12.1. The van der Waals surface area contributed by atoms with E-state index in [9.17, 15) is 8.42 Å². The number of likely N-dealkylation sites (N-methyl/N-ethyl adjacent to an activating group) is 1. The van der Waals surface area contributed by atoms with Gasteiger partial charge in [-0.1, -0.05) is 41.4 Å². The highest BCUT2D eigenvalue weighted by molar-refractivity contribution is 7.89. The Labute approximate surface area is 183 Å². The van der Waals surface area contributed by atoms with E-state index in [0.717, 1.165) is 37.0 Å². The van der Waals surface area contributed by atoms with E-state index in [1.165, 1.54) is 0 Å². The number of nitrogens with zero attached hydrogens (tertiary/aromatic N) is 1. The lowest BCUT2D eigenvalue weighted by molar-refractivity contribution is 0.0149. The molecule has 2 aromatic rings. The van der Waals surface area contributed by atoms with Gasteiger partial charge in [0.2, 0.25) is 10.0 Å². The molecule has 1 aliphatic heterocycles. The smallest absolute Gasteiger partial charge is 0.241 e. The average molecular weight is 457 g/mol. The molecule has 0 amide bonds. The van der Waals surface area contributed by atoms with Crippen LogP contribution < -0.4 is 4.72 Å². The molecule has 1 aliphatic rings. The first kappa shape index (κ1) is 22.5. The van der Waals surface area contributed by atoms with Crippen LogP contribution in [0.3, 0.4) is 0 Å². The molecule has 5 nitrogen and oxygen atoms in total. The maximum Gasteiger partial charge on any atom is 0.241 e. The van der Waals surface area contributed by atoms with E-state index in [4.69, 9.17) is 27.9 Å². The topological polar surface area (TPSA) is 58.6 Å². The Hall–Kier alpha value is -1.15. The molecular formula is C21H26Cl2N2O3S. The summed E-state index contributed by atoms with van der Waals surface area (Å²) in [6, 6.07) is 11.6. The van der Waals surface area contributed by atoms with E-state index in [0.29, 0.717) is 16.6 Å². The van der Waals surface area contributed by atoms with Crippen molar-refractivity contribution in [2.75, 3.05) is 27.2 Å². The van der Waals surface area contributed by atoms with E-state index in [2.05, 4.69) is 4.72 Å². The lowest BCUT2D eigenvalue weighted by Gasteiger charge is -2.24. The molecule has 3 rings (SSSR count). The first-order valence-corrected chi connectivity index (χ1v) is 11.8. The van der Waals surface area contributed by atoms with Crippen LogP contribution in [0.25, 0.3) is 0 Å². The first-order chi connectivity index (χ1) is 13.8. The summed E-state index contributed by atoms with van der Waals surface area (Å²) in [5, 5.41) is 0.825. The van der Waals surface area contributed by atoms with Gasteiger partial charge in [0.25, 0.3) is 0 Å². The van der Waals surface area contributed by atoms with E-state index in [-0.39, 0.29) is 11.0 Å². The molecule has 158 valence electrons. The van der Waals surface area contributed by atoms with E-state index in [1.54, 1.807) is 30.3 Å². The molecule has 2 aromatic carbocycles. The van der Waals surface area contributed by atoms with Crippen molar-refractivity contribution in [2.45, 2.75) is 36.3 Å². The summed E-state index contributed by atoms with van der Waals surface area (Å²) in [6.07, 6.45) is 3.22. The molecule has 1 N–H and O–H groups in total. The maximum absolute atomic E-state index is 13.0. The SMILES string of the molecule is CN(C)C[C@@H](NS(=O)(=O)c1ccc([C@@H]2CCCCO2)cc1)c1ccc(Cl)c(Cl)c1. The number of rotatable bonds is 7. The Morgan fingerprint density at radius 1 is 1.10 bits per heavy atom. The number of benzene rings is 2. The fourth-order valence-corrected chi connectivity index (χ4v) is 4.95. The second-order valence-electron chi connectivity index (χ2n) is 7.53. The van der Waals surface area contributed by atoms with Crippen LogP contribution in [0.5, 0.6) is 0 Å². The molecule has 1 fully saturated rings. The molecular weight excluding hydrogens is 431 g/mol. The van der Waals surface area contributed by atoms with Crippen LogP contribution in [0.15, 0.2) is 47.4 Å². The van der Waals surface area contributed by atoms with Crippen molar-refractivity contribution in [1.29, 1.82) is 0 Å².